The van der Waals surface area contributed by atoms with Gasteiger partial charge >= 0.3 is 0 Å². The highest BCUT2D eigenvalue weighted by molar-refractivity contribution is 7.00. The van der Waals surface area contributed by atoms with Crippen LogP contribution >= 0.6 is 0 Å². The Bertz CT molecular complexity index is 6780. The number of para-hydroxylation sites is 4. The average Bonchev–Trinajstić information content (AvgIpc) is 1.60. The predicted molar refractivity (Wildman–Crippen MR) is 489 cm³/mol. The summed E-state index contributed by atoms with van der Waals surface area (Å²) >= 11 is 0. The van der Waals surface area contributed by atoms with Gasteiger partial charge in [0.15, 0.2) is 0 Å². The molecule has 4 heterocycles. The molecule has 0 aliphatic carbocycles. The molecule has 2 aliphatic rings. The molecule has 0 fully saturated rings. The number of nitrogens with zero attached hydrogens (tertiary/aromatic N) is 4. The number of rotatable bonds is 9. The van der Waals surface area contributed by atoms with Crippen LogP contribution in [0.15, 0.2) is 297 Å². The Labute approximate surface area is 681 Å². The Balaban J connectivity index is 1.09. The van der Waals surface area contributed by atoms with Gasteiger partial charge in [0.05, 0.1) is 44.4 Å². The maximum Gasteiger partial charge on any atom is 0.252 e. The smallest absolute Gasteiger partial charge is 0.252 e. The van der Waals surface area contributed by atoms with Crippen LogP contribution in [0, 0.1) is 0 Å². The summed E-state index contributed by atoms with van der Waals surface area (Å²) in [6.07, 6.45) is 0. The molecule has 5 heteroatoms. The molecule has 113 heavy (non-hydrogen) atoms. The van der Waals surface area contributed by atoms with E-state index in [1.807, 2.05) is 6.07 Å². The number of hydrogen-bond donors (Lipinski definition) is 0. The number of benzene rings is 14. The second-order valence-corrected chi connectivity index (χ2v) is 37.7. The lowest BCUT2D eigenvalue weighted by atomic mass is 9.33. The molecule has 0 atom stereocenters. The molecule has 0 saturated carbocycles. The molecule has 0 spiro atoms. The molecule has 0 saturated heterocycles. The molecule has 2 aromatic heterocycles. The highest BCUT2D eigenvalue weighted by atomic mass is 15.2. The third-order valence-electron chi connectivity index (χ3n) is 23.8. The van der Waals surface area contributed by atoms with Gasteiger partial charge in [-0.15, -0.1) is 0 Å². The fourth-order valence-electron chi connectivity index (χ4n) is 17.4. The second-order valence-electron chi connectivity index (χ2n) is 37.7. The Kier molecular flexibility index (Phi) is 15.0. The lowest BCUT2D eigenvalue weighted by molar-refractivity contribution is 0.568. The van der Waals surface area contributed by atoms with Crippen molar-refractivity contribution >= 4 is 101 Å². The maximum absolute atomic E-state index is 10.0. The maximum atomic E-state index is 10.0. The second kappa shape index (κ2) is 26.5. The number of fused-ring (bicyclic) bond motifs is 10. The molecule has 4 nitrogen and oxygen atoms in total. The molecule has 18 rings (SSSR count). The molecule has 0 amide bonds. The summed E-state index contributed by atoms with van der Waals surface area (Å²) in [6.45, 7) is 40.8. The van der Waals surface area contributed by atoms with Crippen LogP contribution in [0.2, 0.25) is 0 Å². The van der Waals surface area contributed by atoms with E-state index in [0.717, 1.165) is 139 Å². The van der Waals surface area contributed by atoms with Crippen LogP contribution in [-0.4, -0.2) is 15.8 Å². The summed E-state index contributed by atoms with van der Waals surface area (Å²) in [5, 5.41) is 2.19. The van der Waals surface area contributed by atoms with Gasteiger partial charge in [-0.1, -0.05) is 337 Å². The van der Waals surface area contributed by atoms with Gasteiger partial charge in [0.1, 0.15) is 0 Å². The average molecular weight is 1480 g/mol. The first kappa shape index (κ1) is 63.9. The Morgan fingerprint density at radius 1 is 0.257 bits per heavy atom. The van der Waals surface area contributed by atoms with Crippen molar-refractivity contribution in [3.8, 4) is 67.0 Å². The first-order valence-electron chi connectivity index (χ1n) is 44.1. The lowest BCUT2D eigenvalue weighted by Crippen LogP contribution is -2.61. The molecule has 0 bridgehead atoms. The van der Waals surface area contributed by atoms with Crippen molar-refractivity contribution in [1.82, 2.24) is 9.13 Å². The zero-order valence-electron chi connectivity index (χ0n) is 76.5. The number of aromatic nitrogens is 2. The van der Waals surface area contributed by atoms with Crippen molar-refractivity contribution in [3.63, 3.8) is 0 Å². The summed E-state index contributed by atoms with van der Waals surface area (Å²) in [4.78, 5) is 5.14. The van der Waals surface area contributed by atoms with Gasteiger partial charge in [-0.25, -0.2) is 0 Å². The lowest BCUT2D eigenvalue weighted by Gasteiger charge is -2.46. The standard InChI is InChI=1S/C108H103BN4/c1-103(2,3)76-49-46-68(47-50-76)74-59-96-100(86-42-30-33-45-93(86)110(96)82-38-26-21-27-39-82)97(60-74)112-94-58-71(72-54-77(104(4,5)6)63-78(55-72)105(7,8)9)48-52-89(94)109-90-53-51-83(111-91-43-31-28-40-84(91)85-41-29-32-44-92(85)111)67-95(90)113(99-62-75(61-98(112)101(99)109)73-56-79(106(10,11)12)64-80(57-73)107(13,14)15)102-87(69-34-22-19-23-35-69)65-81(108(16,17)18)66-88(102)70-36-24-20-25-37-70/h19-67H,1-18H3/i28D,29D,31D,32D,40D,41D,43D,44D. The van der Waals surface area contributed by atoms with Crippen LogP contribution in [-0.2, 0) is 32.5 Å². The van der Waals surface area contributed by atoms with Gasteiger partial charge in [0.25, 0.3) is 6.71 Å². The largest absolute Gasteiger partial charge is 0.311 e. The van der Waals surface area contributed by atoms with Crippen LogP contribution in [0.4, 0.5) is 34.1 Å². The molecule has 0 unspecified atom stereocenters. The summed E-state index contributed by atoms with van der Waals surface area (Å²) in [7, 11) is 0. The van der Waals surface area contributed by atoms with Crippen LogP contribution in [0.3, 0.4) is 0 Å². The Hall–Kier alpha value is -11.7. The zero-order valence-corrected chi connectivity index (χ0v) is 68.5. The van der Waals surface area contributed by atoms with Crippen LogP contribution in [0.25, 0.3) is 111 Å². The fourth-order valence-corrected chi connectivity index (χ4v) is 17.4. The van der Waals surface area contributed by atoms with Crippen molar-refractivity contribution in [2.24, 2.45) is 0 Å². The van der Waals surface area contributed by atoms with Crippen molar-refractivity contribution < 1.29 is 11.0 Å². The van der Waals surface area contributed by atoms with Crippen LogP contribution in [0.1, 0.15) is 169 Å². The minimum absolute atomic E-state index is 0.0107. The van der Waals surface area contributed by atoms with Crippen LogP contribution < -0.4 is 26.2 Å². The normalized spacial score (nSPS) is 14.3. The minimum atomic E-state index is -0.534. The molecule has 0 radical (unpaired) electrons. The third kappa shape index (κ3) is 12.6. The van der Waals surface area contributed by atoms with E-state index in [1.165, 1.54) is 27.8 Å². The highest BCUT2D eigenvalue weighted by Gasteiger charge is 2.46. The first-order valence-corrected chi connectivity index (χ1v) is 40.1. The molecular weight excluding hydrogens is 1360 g/mol. The van der Waals surface area contributed by atoms with Gasteiger partial charge in [-0.3, -0.25) is 0 Å². The topological polar surface area (TPSA) is 16.3 Å². The summed E-state index contributed by atoms with van der Waals surface area (Å²) in [5.74, 6) is 0. The van der Waals surface area contributed by atoms with E-state index in [0.29, 0.717) is 5.69 Å². The van der Waals surface area contributed by atoms with Crippen molar-refractivity contribution in [2.45, 2.75) is 157 Å². The molecule has 558 valence electrons. The van der Waals surface area contributed by atoms with E-state index in [-0.39, 0.29) is 66.4 Å². The van der Waals surface area contributed by atoms with Crippen LogP contribution in [0.5, 0.6) is 0 Å². The predicted octanol–water partition coefficient (Wildman–Crippen LogP) is 28.1. The molecule has 16 aromatic rings. The third-order valence-corrected chi connectivity index (χ3v) is 23.8. The summed E-state index contributed by atoms with van der Waals surface area (Å²) < 4.78 is 80.8. The molecule has 0 N–H and O–H groups in total. The highest BCUT2D eigenvalue weighted by Crippen LogP contribution is 2.56. The van der Waals surface area contributed by atoms with Gasteiger partial charge in [0, 0.05) is 66.8 Å². The van der Waals surface area contributed by atoms with E-state index in [9.17, 15) is 11.0 Å². The summed E-state index contributed by atoms with van der Waals surface area (Å²) in [6, 6.07) is 89.4. The van der Waals surface area contributed by atoms with Gasteiger partial charge in [-0.05, 0) is 212 Å². The van der Waals surface area contributed by atoms with E-state index in [4.69, 9.17) is 0 Å². The Morgan fingerprint density at radius 3 is 1.18 bits per heavy atom. The SMILES string of the molecule is [2H]c1c([2H])c([2H])c2c(c1[2H])c1c([2H])c([2H])c([2H])c([2H])c1n2-c1ccc2c(c1)N(c1c(-c3ccccc3)cc(C(C)(C)C)cc1-c1ccccc1)c1cc(-c3cc(C(C)(C)C)cc(C(C)(C)C)c3)cc3c1B2c1ccc(-c2cc(C(C)(C)C)cc(C(C)(C)C)c2)cc1N3c1cc(-c2ccc(C(C)(C)C)cc2)cc2c1c1ccccc1n2-c1ccccc1. The monoisotopic (exact) mass is 1470 g/mol. The van der Waals surface area contributed by atoms with E-state index in [2.05, 4.69) is 382 Å². The van der Waals surface area contributed by atoms with E-state index < -0.39 is 43.0 Å². The van der Waals surface area contributed by atoms with Gasteiger partial charge in [0.2, 0.25) is 0 Å². The van der Waals surface area contributed by atoms with Crippen molar-refractivity contribution in [1.29, 1.82) is 0 Å². The molecule has 14 aromatic carbocycles. The molecule has 2 aliphatic heterocycles. The van der Waals surface area contributed by atoms with E-state index >= 15 is 0 Å². The molecular formula is C108H103BN4. The zero-order chi connectivity index (χ0) is 85.7. The quantitative estimate of drug-likeness (QED) is 0.134. The Morgan fingerprint density at radius 2 is 0.655 bits per heavy atom. The van der Waals surface area contributed by atoms with Gasteiger partial charge < -0.3 is 18.9 Å². The minimum Gasteiger partial charge on any atom is -0.311 e. The van der Waals surface area contributed by atoms with Crippen molar-refractivity contribution in [3.05, 3.63) is 330 Å². The fraction of sp³-hybridized carbons (Fsp3) is 0.222. The van der Waals surface area contributed by atoms with E-state index in [1.54, 1.807) is 4.57 Å². The first-order chi connectivity index (χ1) is 57.1. The summed E-state index contributed by atoms with van der Waals surface area (Å²) in [5.41, 5.74) is 28.2. The number of anilines is 6. The van der Waals surface area contributed by atoms with Gasteiger partial charge in [-0.2, -0.15) is 0 Å². The number of hydrogen-bond acceptors (Lipinski definition) is 2. The van der Waals surface area contributed by atoms with Crippen molar-refractivity contribution in [2.75, 3.05) is 9.80 Å².